The minimum Gasteiger partial charge on any atom is -0.462 e. The fourth-order valence-corrected chi connectivity index (χ4v) is 1.58. The van der Waals surface area contributed by atoms with Crippen LogP contribution >= 0.6 is 0 Å². The van der Waals surface area contributed by atoms with E-state index in [9.17, 15) is 18.0 Å². The van der Waals surface area contributed by atoms with Crippen LogP contribution in [0.3, 0.4) is 0 Å². The van der Waals surface area contributed by atoms with Crippen molar-refractivity contribution in [3.8, 4) is 6.07 Å². The summed E-state index contributed by atoms with van der Waals surface area (Å²) < 4.78 is 43.3. The van der Waals surface area contributed by atoms with Gasteiger partial charge in [-0.15, -0.1) is 0 Å². The number of hydrogen-bond donors (Lipinski definition) is 0. The van der Waals surface area contributed by atoms with E-state index in [0.29, 0.717) is 0 Å². The van der Waals surface area contributed by atoms with Crippen molar-refractivity contribution >= 4 is 5.97 Å². The normalized spacial score (nSPS) is 10.9. The molecule has 3 nitrogen and oxygen atoms in total. The Morgan fingerprint density at radius 2 is 2.06 bits per heavy atom. The summed E-state index contributed by atoms with van der Waals surface area (Å²) in [7, 11) is 0. The third kappa shape index (κ3) is 2.62. The van der Waals surface area contributed by atoms with Gasteiger partial charge in [-0.1, -0.05) is 6.07 Å². The van der Waals surface area contributed by atoms with E-state index in [-0.39, 0.29) is 17.7 Å². The highest BCUT2D eigenvalue weighted by Gasteiger charge is 2.38. The van der Waals surface area contributed by atoms with E-state index in [4.69, 9.17) is 5.26 Å². The maximum Gasteiger partial charge on any atom is 0.417 e. The second-order valence-corrected chi connectivity index (χ2v) is 3.51. The number of halogens is 3. The molecule has 0 saturated heterocycles. The number of hydrogen-bond acceptors (Lipinski definition) is 3. The number of aryl methyl sites for hydroxylation is 1. The fourth-order valence-electron chi connectivity index (χ4n) is 1.58. The van der Waals surface area contributed by atoms with E-state index >= 15 is 0 Å². The molecule has 0 bridgehead atoms. The van der Waals surface area contributed by atoms with Crippen LogP contribution in [0.15, 0.2) is 12.1 Å². The number of nitrogens with zero attached hydrogens (tertiary/aromatic N) is 1. The Balaban J connectivity index is 3.58. The lowest BCUT2D eigenvalue weighted by Crippen LogP contribution is -2.18. The molecule has 0 aliphatic carbocycles. The SMILES string of the molecule is CCOC(=O)c1c(C#N)ccc(C)c1C(F)(F)F. The van der Waals surface area contributed by atoms with Crippen molar-refractivity contribution in [1.29, 1.82) is 5.26 Å². The molecule has 0 fully saturated rings. The zero-order chi connectivity index (χ0) is 13.9. The molecule has 0 amide bonds. The van der Waals surface area contributed by atoms with Gasteiger partial charge in [0.05, 0.1) is 23.3 Å². The number of ether oxygens (including phenoxy) is 1. The number of rotatable bonds is 2. The molecule has 0 unspecified atom stereocenters. The van der Waals surface area contributed by atoms with Crippen molar-refractivity contribution in [2.24, 2.45) is 0 Å². The molecular weight excluding hydrogens is 247 g/mol. The molecule has 0 heterocycles. The topological polar surface area (TPSA) is 50.1 Å². The maximum atomic E-state index is 12.9. The van der Waals surface area contributed by atoms with Crippen molar-refractivity contribution in [3.05, 3.63) is 34.4 Å². The van der Waals surface area contributed by atoms with Gasteiger partial charge in [0.25, 0.3) is 0 Å². The van der Waals surface area contributed by atoms with Gasteiger partial charge in [0.2, 0.25) is 0 Å². The summed E-state index contributed by atoms with van der Waals surface area (Å²) in [5.41, 5.74) is -2.29. The minimum atomic E-state index is -4.71. The van der Waals surface area contributed by atoms with Gasteiger partial charge in [0, 0.05) is 0 Å². The largest absolute Gasteiger partial charge is 0.462 e. The van der Waals surface area contributed by atoms with Crippen LogP contribution in [-0.2, 0) is 10.9 Å². The van der Waals surface area contributed by atoms with Crippen LogP contribution < -0.4 is 0 Å². The van der Waals surface area contributed by atoms with Crippen LogP contribution in [0, 0.1) is 18.3 Å². The zero-order valence-corrected chi connectivity index (χ0v) is 9.76. The van der Waals surface area contributed by atoms with Gasteiger partial charge in [0.1, 0.15) is 6.07 Å². The standard InChI is InChI=1S/C12H10F3NO2/c1-3-18-11(17)9-8(6-16)5-4-7(2)10(9)12(13,14)15/h4-5H,3H2,1-2H3. The minimum absolute atomic E-state index is 0.0606. The van der Waals surface area contributed by atoms with Crippen molar-refractivity contribution in [3.63, 3.8) is 0 Å². The first-order chi connectivity index (χ1) is 8.32. The van der Waals surface area contributed by atoms with Crippen molar-refractivity contribution in [1.82, 2.24) is 0 Å². The van der Waals surface area contributed by atoms with Crippen LogP contribution in [0.2, 0.25) is 0 Å². The first-order valence-corrected chi connectivity index (χ1v) is 5.11. The Kier molecular flexibility index (Phi) is 3.96. The number of nitriles is 1. The van der Waals surface area contributed by atoms with Crippen molar-refractivity contribution in [2.75, 3.05) is 6.61 Å². The monoisotopic (exact) mass is 257 g/mol. The lowest BCUT2D eigenvalue weighted by Gasteiger charge is -2.15. The summed E-state index contributed by atoms with van der Waals surface area (Å²) in [6.45, 7) is 2.65. The average molecular weight is 257 g/mol. The highest BCUT2D eigenvalue weighted by Crippen LogP contribution is 2.36. The fraction of sp³-hybridized carbons (Fsp3) is 0.333. The van der Waals surface area contributed by atoms with Crippen LogP contribution in [0.25, 0.3) is 0 Å². The Hall–Kier alpha value is -2.03. The smallest absolute Gasteiger partial charge is 0.417 e. The summed E-state index contributed by atoms with van der Waals surface area (Å²) >= 11 is 0. The molecule has 1 rings (SSSR count). The molecule has 1 aromatic carbocycles. The molecule has 0 radical (unpaired) electrons. The van der Waals surface area contributed by atoms with Crippen LogP contribution in [-0.4, -0.2) is 12.6 Å². The molecule has 0 saturated carbocycles. The Labute approximate surface area is 102 Å². The van der Waals surface area contributed by atoms with E-state index in [2.05, 4.69) is 4.74 Å². The second-order valence-electron chi connectivity index (χ2n) is 3.51. The molecular formula is C12H10F3NO2. The highest BCUT2D eigenvalue weighted by molar-refractivity contribution is 5.94. The Morgan fingerprint density at radius 1 is 1.44 bits per heavy atom. The molecule has 0 aromatic heterocycles. The predicted octanol–water partition coefficient (Wildman–Crippen LogP) is 3.06. The van der Waals surface area contributed by atoms with Crippen LogP contribution in [0.5, 0.6) is 0 Å². The molecule has 6 heteroatoms. The van der Waals surface area contributed by atoms with Gasteiger partial charge in [-0.25, -0.2) is 4.79 Å². The molecule has 0 N–H and O–H groups in total. The number of alkyl halides is 3. The predicted molar refractivity (Wildman–Crippen MR) is 56.9 cm³/mol. The number of carbonyl (C=O) groups is 1. The summed E-state index contributed by atoms with van der Waals surface area (Å²) in [5.74, 6) is -1.13. The molecule has 18 heavy (non-hydrogen) atoms. The summed E-state index contributed by atoms with van der Waals surface area (Å²) in [4.78, 5) is 11.6. The van der Waals surface area contributed by atoms with E-state index < -0.39 is 23.3 Å². The average Bonchev–Trinajstić information content (AvgIpc) is 2.27. The summed E-state index contributed by atoms with van der Waals surface area (Å²) in [6, 6.07) is 3.91. The quantitative estimate of drug-likeness (QED) is 0.765. The molecule has 96 valence electrons. The van der Waals surface area contributed by atoms with Crippen LogP contribution in [0.1, 0.15) is 34.0 Å². The second kappa shape index (κ2) is 5.08. The number of esters is 1. The molecule has 0 atom stereocenters. The number of carbonyl (C=O) groups excluding carboxylic acids is 1. The molecule has 0 aliphatic heterocycles. The van der Waals surface area contributed by atoms with Crippen LogP contribution in [0.4, 0.5) is 13.2 Å². The van der Waals surface area contributed by atoms with Gasteiger partial charge in [-0.05, 0) is 25.5 Å². The lowest BCUT2D eigenvalue weighted by atomic mass is 9.96. The lowest BCUT2D eigenvalue weighted by molar-refractivity contribution is -0.138. The van der Waals surface area contributed by atoms with Gasteiger partial charge in [-0.2, -0.15) is 18.4 Å². The van der Waals surface area contributed by atoms with E-state index in [0.717, 1.165) is 6.07 Å². The Bertz CT molecular complexity index is 515. The zero-order valence-electron chi connectivity index (χ0n) is 9.76. The first-order valence-electron chi connectivity index (χ1n) is 5.11. The third-order valence-corrected chi connectivity index (χ3v) is 2.30. The van der Waals surface area contributed by atoms with E-state index in [1.807, 2.05) is 0 Å². The van der Waals surface area contributed by atoms with Crippen molar-refractivity contribution < 1.29 is 22.7 Å². The molecule has 1 aromatic rings. The van der Waals surface area contributed by atoms with E-state index in [1.54, 1.807) is 6.07 Å². The Morgan fingerprint density at radius 3 is 2.50 bits per heavy atom. The highest BCUT2D eigenvalue weighted by atomic mass is 19.4. The molecule has 0 aliphatic rings. The van der Waals surface area contributed by atoms with E-state index in [1.165, 1.54) is 19.9 Å². The van der Waals surface area contributed by atoms with Gasteiger partial charge < -0.3 is 4.74 Å². The number of benzene rings is 1. The molecule has 0 spiro atoms. The summed E-state index contributed by atoms with van der Waals surface area (Å²) in [5, 5.41) is 8.79. The maximum absolute atomic E-state index is 12.9. The first kappa shape index (κ1) is 14.0. The van der Waals surface area contributed by atoms with Gasteiger partial charge >= 0.3 is 12.1 Å². The summed E-state index contributed by atoms with van der Waals surface area (Å²) in [6.07, 6.45) is -4.71. The van der Waals surface area contributed by atoms with Crippen molar-refractivity contribution in [2.45, 2.75) is 20.0 Å². The van der Waals surface area contributed by atoms with Gasteiger partial charge in [0.15, 0.2) is 0 Å². The van der Waals surface area contributed by atoms with Gasteiger partial charge in [-0.3, -0.25) is 0 Å². The third-order valence-electron chi connectivity index (χ3n) is 2.30.